The van der Waals surface area contributed by atoms with Crippen LogP contribution < -0.4 is 21.3 Å². The molecule has 51 heavy (non-hydrogen) atoms. The van der Waals surface area contributed by atoms with Crippen LogP contribution in [0.5, 0.6) is 0 Å². The van der Waals surface area contributed by atoms with Gasteiger partial charge in [0.05, 0.1) is 6.04 Å². The van der Waals surface area contributed by atoms with Gasteiger partial charge in [-0.1, -0.05) is 66.9 Å². The molecule has 14 nitrogen and oxygen atoms in total. The smallest absolute Gasteiger partial charge is 0.315 e. The molecule has 2 saturated heterocycles. The van der Waals surface area contributed by atoms with Crippen molar-refractivity contribution in [3.05, 3.63) is 12.7 Å². The Morgan fingerprint density at radius 2 is 1.61 bits per heavy atom. The molecule has 2 aliphatic carbocycles. The molecule has 0 aromatic carbocycles. The lowest BCUT2D eigenvalue weighted by Crippen LogP contribution is -2.62. The summed E-state index contributed by atoms with van der Waals surface area (Å²) >= 11 is 0. The number of amides is 5. The van der Waals surface area contributed by atoms with Crippen LogP contribution in [0, 0.1) is 28.6 Å². The van der Waals surface area contributed by atoms with Crippen LogP contribution in [-0.2, 0) is 29.4 Å². The number of fused-ring (bicyclic) bond motifs is 1. The first kappa shape index (κ1) is 40.7. The minimum atomic E-state index is -3.70. The summed E-state index contributed by atoms with van der Waals surface area (Å²) in [5.74, 6) is -2.61. The van der Waals surface area contributed by atoms with Crippen LogP contribution in [0.3, 0.4) is 0 Å². The Morgan fingerprint density at radius 3 is 2.18 bits per heavy atom. The maximum absolute atomic E-state index is 14.6. The molecule has 5 amide bonds. The Kier molecular flexibility index (Phi) is 13.0. The van der Waals surface area contributed by atoms with Crippen molar-refractivity contribution in [2.45, 2.75) is 117 Å². The second-order valence-corrected chi connectivity index (χ2v) is 18.6. The zero-order valence-corrected chi connectivity index (χ0v) is 32.4. The third kappa shape index (κ3) is 9.13. The number of carbonyl (C=O) groups is 5. The SMILES string of the molecule is C=CCNC(=O)C(=O)C(CC)NC(=O)[C@@H]1[C@@H]2[C@H](CN1C(=O)[C@@H](NC(=O)N[C@H](CN(C)S(=O)(=O)N1CCCC1)C(C)(C)C)C1CCCCC1)C2(C)C. The molecule has 4 aliphatic rings. The van der Waals surface area contributed by atoms with Gasteiger partial charge in [0.15, 0.2) is 0 Å². The van der Waals surface area contributed by atoms with Crippen molar-refractivity contribution in [2.75, 3.05) is 39.8 Å². The largest absolute Gasteiger partial charge is 0.346 e. The summed E-state index contributed by atoms with van der Waals surface area (Å²) in [6.07, 6.45) is 7.63. The lowest BCUT2D eigenvalue weighted by atomic mass is 9.83. The maximum atomic E-state index is 14.6. The minimum Gasteiger partial charge on any atom is -0.346 e. The van der Waals surface area contributed by atoms with E-state index in [1.54, 1.807) is 11.8 Å². The molecule has 0 radical (unpaired) electrons. The molecule has 2 heterocycles. The number of urea groups is 1. The maximum Gasteiger partial charge on any atom is 0.315 e. The molecule has 6 atom stereocenters. The van der Waals surface area contributed by atoms with Crippen molar-refractivity contribution in [3.8, 4) is 0 Å². The number of nitrogens with zero attached hydrogens (tertiary/aromatic N) is 3. The summed E-state index contributed by atoms with van der Waals surface area (Å²) in [5.41, 5.74) is -0.713. The monoisotopic (exact) mass is 735 g/mol. The standard InChI is InChI=1S/C36H61N7O7S/c1-9-18-37-32(46)30(44)25(10-2)38-31(45)29-27-24(36(27,6)7)21-43(29)33(47)28(23-16-12-11-13-17-23)40-34(48)39-26(35(3,4)5)22-41(8)51(49,50)42-19-14-15-20-42/h9,23-29H,1,10-22H2,2-8H3,(H,37,46)(H,38,45)(H2,39,40,48)/t24-,25?,26+,27-,28-,29-/m0/s1. The summed E-state index contributed by atoms with van der Waals surface area (Å²) < 4.78 is 29.3. The first-order chi connectivity index (χ1) is 23.9. The highest BCUT2D eigenvalue weighted by Gasteiger charge is 2.69. The van der Waals surface area contributed by atoms with Gasteiger partial charge in [0.25, 0.3) is 16.1 Å². The molecule has 4 rings (SSSR count). The number of piperidine rings is 1. The van der Waals surface area contributed by atoms with E-state index >= 15 is 0 Å². The van der Waals surface area contributed by atoms with Crippen LogP contribution in [0.2, 0.25) is 0 Å². The highest BCUT2D eigenvalue weighted by Crippen LogP contribution is 2.65. The summed E-state index contributed by atoms with van der Waals surface area (Å²) in [6.45, 7) is 16.6. The fourth-order valence-electron chi connectivity index (χ4n) is 8.21. The number of hydrogen-bond acceptors (Lipinski definition) is 7. The van der Waals surface area contributed by atoms with Crippen molar-refractivity contribution < 1.29 is 32.4 Å². The summed E-state index contributed by atoms with van der Waals surface area (Å²) in [4.78, 5) is 69.3. The molecule has 2 aliphatic heterocycles. The van der Waals surface area contributed by atoms with E-state index in [1.165, 1.54) is 21.7 Å². The lowest BCUT2D eigenvalue weighted by molar-refractivity contribution is -0.144. The number of nitrogens with one attached hydrogen (secondary N) is 4. The van der Waals surface area contributed by atoms with Crippen molar-refractivity contribution in [3.63, 3.8) is 0 Å². The van der Waals surface area contributed by atoms with Gasteiger partial charge in [0.2, 0.25) is 17.6 Å². The molecular formula is C36H61N7O7S. The zero-order valence-electron chi connectivity index (χ0n) is 31.6. The highest BCUT2D eigenvalue weighted by molar-refractivity contribution is 7.86. The molecule has 0 bridgehead atoms. The Bertz CT molecular complexity index is 1430. The van der Waals surface area contributed by atoms with Gasteiger partial charge in [-0.15, -0.1) is 6.58 Å². The molecule has 15 heteroatoms. The van der Waals surface area contributed by atoms with Gasteiger partial charge < -0.3 is 26.2 Å². The van der Waals surface area contributed by atoms with Crippen LogP contribution >= 0.6 is 0 Å². The average molecular weight is 736 g/mol. The van der Waals surface area contributed by atoms with Crippen molar-refractivity contribution >= 4 is 39.7 Å². The Balaban J connectivity index is 1.53. The first-order valence-electron chi connectivity index (χ1n) is 18.7. The van der Waals surface area contributed by atoms with Gasteiger partial charge in [-0.3, -0.25) is 19.2 Å². The summed E-state index contributed by atoms with van der Waals surface area (Å²) in [5, 5.41) is 11.2. The van der Waals surface area contributed by atoms with Gasteiger partial charge in [0, 0.05) is 45.8 Å². The molecule has 0 spiro atoms. The number of Topliss-reactive ketones (excluding diaryl/α,β-unsaturated/α-hetero) is 1. The number of likely N-dealkylation sites (tertiary alicyclic amines) is 1. The summed E-state index contributed by atoms with van der Waals surface area (Å²) in [7, 11) is -2.17. The molecular weight excluding hydrogens is 675 g/mol. The van der Waals surface area contributed by atoms with E-state index in [0.29, 0.717) is 19.6 Å². The van der Waals surface area contributed by atoms with Crippen LogP contribution in [0.15, 0.2) is 12.7 Å². The second kappa shape index (κ2) is 16.3. The third-order valence-corrected chi connectivity index (χ3v) is 13.6. The quantitative estimate of drug-likeness (QED) is 0.147. The fourth-order valence-corrected chi connectivity index (χ4v) is 9.66. The molecule has 4 N–H and O–H groups in total. The van der Waals surface area contributed by atoms with E-state index in [1.807, 2.05) is 20.8 Å². The molecule has 288 valence electrons. The normalized spacial score (nSPS) is 25.3. The number of likely N-dealkylation sites (N-methyl/N-ethyl adjacent to an activating group) is 1. The molecule has 0 aromatic rings. The predicted octanol–water partition coefficient (Wildman–Crippen LogP) is 2.17. The molecule has 4 fully saturated rings. The first-order valence-corrected chi connectivity index (χ1v) is 20.1. The highest BCUT2D eigenvalue weighted by atomic mass is 32.2. The topological polar surface area (TPSA) is 177 Å². The van der Waals surface area contributed by atoms with Crippen molar-refractivity contribution in [1.82, 2.24) is 34.8 Å². The van der Waals surface area contributed by atoms with E-state index < -0.39 is 63.4 Å². The molecule has 0 aromatic heterocycles. The molecule has 1 unspecified atom stereocenters. The van der Waals surface area contributed by atoms with Crippen LogP contribution in [0.4, 0.5) is 4.79 Å². The van der Waals surface area contributed by atoms with Crippen molar-refractivity contribution in [1.29, 1.82) is 0 Å². The predicted molar refractivity (Wildman–Crippen MR) is 194 cm³/mol. The fraction of sp³-hybridized carbons (Fsp3) is 0.806. The number of carbonyl (C=O) groups excluding carboxylic acids is 5. The van der Waals surface area contributed by atoms with Crippen LogP contribution in [0.25, 0.3) is 0 Å². The Labute approximate surface area is 304 Å². The minimum absolute atomic E-state index is 0.0491. The zero-order chi connectivity index (χ0) is 37.9. The molecule has 2 saturated carbocycles. The van der Waals surface area contributed by atoms with Gasteiger partial charge in [-0.25, -0.2) is 4.79 Å². The van der Waals surface area contributed by atoms with Gasteiger partial charge in [-0.05, 0) is 60.7 Å². The lowest BCUT2D eigenvalue weighted by Gasteiger charge is -2.38. The van der Waals surface area contributed by atoms with E-state index in [2.05, 4.69) is 41.7 Å². The number of ketones is 1. The van der Waals surface area contributed by atoms with E-state index in [9.17, 15) is 32.4 Å². The van der Waals surface area contributed by atoms with Crippen LogP contribution in [0.1, 0.15) is 92.9 Å². The number of hydrogen-bond donors (Lipinski definition) is 4. The van der Waals surface area contributed by atoms with E-state index in [0.717, 1.165) is 44.9 Å². The number of rotatable bonds is 15. The van der Waals surface area contributed by atoms with E-state index in [4.69, 9.17) is 0 Å². The second-order valence-electron chi connectivity index (χ2n) is 16.5. The summed E-state index contributed by atoms with van der Waals surface area (Å²) in [6, 6.07) is -3.97. The van der Waals surface area contributed by atoms with Crippen molar-refractivity contribution in [2.24, 2.45) is 28.6 Å². The van der Waals surface area contributed by atoms with Gasteiger partial charge >= 0.3 is 6.03 Å². The Morgan fingerprint density at radius 1 is 0.980 bits per heavy atom. The average Bonchev–Trinajstić information content (AvgIpc) is 3.54. The van der Waals surface area contributed by atoms with Gasteiger partial charge in [-0.2, -0.15) is 17.0 Å². The van der Waals surface area contributed by atoms with E-state index in [-0.39, 0.29) is 48.6 Å². The third-order valence-electron chi connectivity index (χ3n) is 11.7. The van der Waals surface area contributed by atoms with Gasteiger partial charge in [0.1, 0.15) is 12.1 Å². The Hall–Kier alpha value is -3.04. The van der Waals surface area contributed by atoms with Crippen LogP contribution in [-0.4, -0.2) is 115 Å².